The molecule has 2 amide bonds. The van der Waals surface area contributed by atoms with E-state index in [2.05, 4.69) is 14.9 Å². The predicted molar refractivity (Wildman–Crippen MR) is 94.1 cm³/mol. The van der Waals surface area contributed by atoms with E-state index < -0.39 is 5.60 Å². The SMILES string of the molecule is Cc1[nH]cnc1CN1CC[C@@]2(O)CCN(C(=O)N3CCCC3)C[C@H]2C1. The minimum atomic E-state index is -0.612. The average molecular weight is 347 g/mol. The minimum Gasteiger partial charge on any atom is -0.389 e. The number of hydrogen-bond donors (Lipinski definition) is 2. The van der Waals surface area contributed by atoms with Crippen molar-refractivity contribution in [3.63, 3.8) is 0 Å². The van der Waals surface area contributed by atoms with Crippen LogP contribution in [0.2, 0.25) is 0 Å². The average Bonchev–Trinajstić information content (AvgIpc) is 3.27. The highest BCUT2D eigenvalue weighted by Gasteiger charge is 2.46. The molecule has 0 bridgehead atoms. The van der Waals surface area contributed by atoms with Crippen LogP contribution in [-0.2, 0) is 6.54 Å². The zero-order valence-corrected chi connectivity index (χ0v) is 15.1. The molecule has 0 aliphatic carbocycles. The van der Waals surface area contributed by atoms with Gasteiger partial charge >= 0.3 is 6.03 Å². The number of piperidine rings is 2. The number of fused-ring (bicyclic) bond motifs is 1. The van der Waals surface area contributed by atoms with E-state index in [0.29, 0.717) is 19.5 Å². The number of rotatable bonds is 2. The number of nitrogens with zero attached hydrogens (tertiary/aromatic N) is 4. The van der Waals surface area contributed by atoms with Crippen LogP contribution in [0.4, 0.5) is 4.79 Å². The fraction of sp³-hybridized carbons (Fsp3) is 0.778. The molecular weight excluding hydrogens is 318 g/mol. The van der Waals surface area contributed by atoms with Gasteiger partial charge in [-0.25, -0.2) is 9.78 Å². The van der Waals surface area contributed by atoms with Gasteiger partial charge < -0.3 is 19.9 Å². The molecule has 4 heterocycles. The van der Waals surface area contributed by atoms with E-state index in [9.17, 15) is 9.90 Å². The van der Waals surface area contributed by atoms with Crippen molar-refractivity contribution in [2.75, 3.05) is 39.3 Å². The van der Waals surface area contributed by atoms with Crippen LogP contribution in [0, 0.1) is 12.8 Å². The zero-order valence-electron chi connectivity index (χ0n) is 15.1. The summed E-state index contributed by atoms with van der Waals surface area (Å²) in [5.41, 5.74) is 1.57. The van der Waals surface area contributed by atoms with Gasteiger partial charge in [0.05, 0.1) is 17.6 Å². The Morgan fingerprint density at radius 3 is 2.72 bits per heavy atom. The van der Waals surface area contributed by atoms with Crippen LogP contribution in [0.15, 0.2) is 6.33 Å². The molecule has 0 saturated carbocycles. The number of nitrogens with one attached hydrogen (secondary N) is 1. The van der Waals surface area contributed by atoms with Crippen LogP contribution in [-0.4, -0.2) is 80.7 Å². The molecule has 0 unspecified atom stereocenters. The third-order valence-electron chi connectivity index (χ3n) is 6.31. The van der Waals surface area contributed by atoms with E-state index in [-0.39, 0.29) is 11.9 Å². The summed E-state index contributed by atoms with van der Waals surface area (Å²) in [6.45, 7) is 7.68. The molecule has 1 aromatic rings. The van der Waals surface area contributed by atoms with Crippen LogP contribution in [0.25, 0.3) is 0 Å². The van der Waals surface area contributed by atoms with E-state index in [1.807, 2.05) is 16.7 Å². The normalized spacial score (nSPS) is 30.6. The number of likely N-dealkylation sites (tertiary alicyclic amines) is 3. The highest BCUT2D eigenvalue weighted by Crippen LogP contribution is 2.36. The maximum atomic E-state index is 12.7. The number of H-pyrrole nitrogens is 1. The number of aryl methyl sites for hydroxylation is 1. The third kappa shape index (κ3) is 3.27. The Morgan fingerprint density at radius 1 is 1.24 bits per heavy atom. The number of aromatic nitrogens is 2. The standard InChI is InChI=1S/C18H29N5O2/c1-14-16(20-13-19-14)12-21-8-4-18(25)5-9-23(11-15(18)10-21)17(24)22-6-2-3-7-22/h13,15,25H,2-12H2,1H3,(H,19,20)/t15-,18-/m1/s1. The zero-order chi connectivity index (χ0) is 17.4. The molecule has 4 rings (SSSR count). The van der Waals surface area contributed by atoms with Crippen LogP contribution in [0.5, 0.6) is 0 Å². The monoisotopic (exact) mass is 347 g/mol. The maximum absolute atomic E-state index is 12.7. The fourth-order valence-electron chi connectivity index (χ4n) is 4.56. The van der Waals surface area contributed by atoms with Crippen molar-refractivity contribution in [2.24, 2.45) is 5.92 Å². The number of imidazole rings is 1. The molecule has 3 fully saturated rings. The lowest BCUT2D eigenvalue weighted by Crippen LogP contribution is -2.61. The minimum absolute atomic E-state index is 0.126. The summed E-state index contributed by atoms with van der Waals surface area (Å²) in [4.78, 5) is 26.5. The molecule has 3 aliphatic heterocycles. The Balaban J connectivity index is 1.41. The first-order valence-electron chi connectivity index (χ1n) is 9.52. The van der Waals surface area contributed by atoms with E-state index in [0.717, 1.165) is 63.4 Å². The summed E-state index contributed by atoms with van der Waals surface area (Å²) >= 11 is 0. The molecule has 3 saturated heterocycles. The number of urea groups is 1. The van der Waals surface area contributed by atoms with Gasteiger partial charge in [0.15, 0.2) is 0 Å². The lowest BCUT2D eigenvalue weighted by atomic mass is 9.75. The molecule has 0 spiro atoms. The summed E-state index contributed by atoms with van der Waals surface area (Å²) in [5.74, 6) is 0.126. The molecule has 3 aliphatic rings. The van der Waals surface area contributed by atoms with Crippen LogP contribution < -0.4 is 0 Å². The number of aliphatic hydroxyl groups is 1. The first-order chi connectivity index (χ1) is 12.0. The van der Waals surface area contributed by atoms with Crippen molar-refractivity contribution >= 4 is 6.03 Å². The van der Waals surface area contributed by atoms with Gasteiger partial charge in [-0.3, -0.25) is 4.90 Å². The van der Waals surface area contributed by atoms with E-state index in [1.165, 1.54) is 0 Å². The maximum Gasteiger partial charge on any atom is 0.320 e. The second kappa shape index (κ2) is 6.61. The molecule has 2 atom stereocenters. The number of amides is 2. The number of carbonyl (C=O) groups is 1. The highest BCUT2D eigenvalue weighted by atomic mass is 16.3. The van der Waals surface area contributed by atoms with Crippen LogP contribution in [0.3, 0.4) is 0 Å². The third-order valence-corrected chi connectivity index (χ3v) is 6.31. The molecule has 0 aromatic carbocycles. The van der Waals surface area contributed by atoms with Crippen molar-refractivity contribution in [3.8, 4) is 0 Å². The van der Waals surface area contributed by atoms with Crippen LogP contribution >= 0.6 is 0 Å². The molecule has 138 valence electrons. The second-order valence-corrected chi connectivity index (χ2v) is 7.93. The van der Waals surface area contributed by atoms with Gasteiger partial charge in [-0.05, 0) is 32.6 Å². The Morgan fingerprint density at radius 2 is 2.00 bits per heavy atom. The van der Waals surface area contributed by atoms with Gasteiger partial charge in [0, 0.05) is 57.4 Å². The number of aromatic amines is 1. The van der Waals surface area contributed by atoms with Gasteiger partial charge in [0.2, 0.25) is 0 Å². The largest absolute Gasteiger partial charge is 0.389 e. The first kappa shape index (κ1) is 16.8. The molecule has 0 radical (unpaired) electrons. The molecule has 2 N–H and O–H groups in total. The number of hydrogen-bond acceptors (Lipinski definition) is 4. The van der Waals surface area contributed by atoms with Crippen molar-refractivity contribution in [2.45, 2.75) is 44.8 Å². The van der Waals surface area contributed by atoms with Gasteiger partial charge in [0.25, 0.3) is 0 Å². The molecule has 1 aromatic heterocycles. The van der Waals surface area contributed by atoms with Crippen molar-refractivity contribution in [1.82, 2.24) is 24.7 Å². The van der Waals surface area contributed by atoms with Gasteiger partial charge in [-0.1, -0.05) is 0 Å². The second-order valence-electron chi connectivity index (χ2n) is 7.93. The molecule has 7 heteroatoms. The lowest BCUT2D eigenvalue weighted by Gasteiger charge is -2.50. The van der Waals surface area contributed by atoms with Crippen molar-refractivity contribution in [1.29, 1.82) is 0 Å². The first-order valence-corrected chi connectivity index (χ1v) is 9.52. The Bertz CT molecular complexity index is 627. The summed E-state index contributed by atoms with van der Waals surface area (Å²) in [6, 6.07) is 0.166. The lowest BCUT2D eigenvalue weighted by molar-refractivity contribution is -0.109. The van der Waals surface area contributed by atoms with Crippen molar-refractivity contribution in [3.05, 3.63) is 17.7 Å². The Kier molecular flexibility index (Phi) is 4.45. The summed E-state index contributed by atoms with van der Waals surface area (Å²) in [5, 5.41) is 11.1. The summed E-state index contributed by atoms with van der Waals surface area (Å²) in [7, 11) is 0. The van der Waals surface area contributed by atoms with Crippen molar-refractivity contribution < 1.29 is 9.90 Å². The molecule has 25 heavy (non-hydrogen) atoms. The highest BCUT2D eigenvalue weighted by molar-refractivity contribution is 5.74. The summed E-state index contributed by atoms with van der Waals surface area (Å²) in [6.07, 6.45) is 5.45. The molecular formula is C18H29N5O2. The van der Waals surface area contributed by atoms with Gasteiger partial charge in [-0.2, -0.15) is 0 Å². The number of carbonyl (C=O) groups excluding carboxylic acids is 1. The predicted octanol–water partition coefficient (Wildman–Crippen LogP) is 1.19. The smallest absolute Gasteiger partial charge is 0.320 e. The summed E-state index contributed by atoms with van der Waals surface area (Å²) < 4.78 is 0. The molecule has 7 nitrogen and oxygen atoms in total. The van der Waals surface area contributed by atoms with Gasteiger partial charge in [-0.15, -0.1) is 0 Å². The Labute approximate surface area is 149 Å². The van der Waals surface area contributed by atoms with Crippen LogP contribution in [0.1, 0.15) is 37.1 Å². The van der Waals surface area contributed by atoms with E-state index in [1.54, 1.807) is 6.33 Å². The van der Waals surface area contributed by atoms with Gasteiger partial charge in [0.1, 0.15) is 0 Å². The topological polar surface area (TPSA) is 75.7 Å². The van der Waals surface area contributed by atoms with E-state index in [4.69, 9.17) is 0 Å². The fourth-order valence-corrected chi connectivity index (χ4v) is 4.56. The Hall–Kier alpha value is -1.60. The van der Waals surface area contributed by atoms with E-state index >= 15 is 0 Å². The quantitative estimate of drug-likeness (QED) is 0.843.